The average Bonchev–Trinajstić information content (AvgIpc) is 2.16. The minimum Gasteiger partial charge on any atom is -0.480 e. The Morgan fingerprint density at radius 2 is 1.88 bits per heavy atom. The van der Waals surface area contributed by atoms with E-state index in [4.69, 9.17) is 5.11 Å². The molecule has 0 fully saturated rings. The molecule has 0 aliphatic carbocycles. The van der Waals surface area contributed by atoms with Gasteiger partial charge in [0.1, 0.15) is 16.3 Å². The van der Waals surface area contributed by atoms with Gasteiger partial charge in [0.2, 0.25) is 10.0 Å². The number of carbonyl (C=O) groups is 1. The number of carboxylic acid groups (broad SMARTS) is 1. The molecule has 0 aromatic heterocycles. The fraction of sp³-hybridized carbons (Fsp3) is 0.300. The van der Waals surface area contributed by atoms with E-state index < -0.39 is 32.2 Å². The Bertz CT molecular complexity index is 539. The molecule has 17 heavy (non-hydrogen) atoms. The summed E-state index contributed by atoms with van der Waals surface area (Å²) in [4.78, 5) is 10.2. The highest BCUT2D eigenvalue weighted by Gasteiger charge is 2.33. The van der Waals surface area contributed by atoms with Gasteiger partial charge in [-0.3, -0.25) is 4.79 Å². The first kappa shape index (κ1) is 13.6. The number of aliphatic carboxylic acids is 1. The van der Waals surface area contributed by atoms with Gasteiger partial charge >= 0.3 is 5.97 Å². The minimum atomic E-state index is -4.20. The maximum absolute atomic E-state index is 13.3. The molecule has 5 nitrogen and oxygen atoms in total. The van der Waals surface area contributed by atoms with E-state index >= 15 is 0 Å². The third-order valence-electron chi connectivity index (χ3n) is 2.05. The van der Waals surface area contributed by atoms with Gasteiger partial charge in [0.15, 0.2) is 0 Å². The van der Waals surface area contributed by atoms with Crippen molar-refractivity contribution in [3.8, 4) is 0 Å². The van der Waals surface area contributed by atoms with Crippen LogP contribution in [0, 0.1) is 5.82 Å². The molecule has 0 unspecified atom stereocenters. The molecule has 1 aromatic rings. The topological polar surface area (TPSA) is 83.5 Å². The third-order valence-corrected chi connectivity index (χ3v) is 3.74. The SMILES string of the molecule is CC(C)(NS(=O)(=O)c1ccccc1F)C(=O)O. The summed E-state index contributed by atoms with van der Waals surface area (Å²) in [5, 5.41) is 8.80. The van der Waals surface area contributed by atoms with Crippen LogP contribution in [0.3, 0.4) is 0 Å². The van der Waals surface area contributed by atoms with E-state index in [-0.39, 0.29) is 0 Å². The zero-order chi connectivity index (χ0) is 13.3. The van der Waals surface area contributed by atoms with Crippen molar-refractivity contribution in [3.63, 3.8) is 0 Å². The van der Waals surface area contributed by atoms with Gasteiger partial charge in [0.25, 0.3) is 0 Å². The van der Waals surface area contributed by atoms with Crippen molar-refractivity contribution in [1.82, 2.24) is 4.72 Å². The Balaban J connectivity index is 3.15. The fourth-order valence-electron chi connectivity index (χ4n) is 1.10. The lowest BCUT2D eigenvalue weighted by Crippen LogP contribution is -2.49. The molecule has 0 radical (unpaired) electrons. The van der Waals surface area contributed by atoms with Gasteiger partial charge in [-0.05, 0) is 26.0 Å². The highest BCUT2D eigenvalue weighted by molar-refractivity contribution is 7.89. The Labute approximate surface area is 98.3 Å². The first-order valence-electron chi connectivity index (χ1n) is 4.69. The largest absolute Gasteiger partial charge is 0.480 e. The number of carboxylic acids is 1. The summed E-state index contributed by atoms with van der Waals surface area (Å²) in [6.45, 7) is 2.35. The number of rotatable bonds is 4. The predicted octanol–water partition coefficient (Wildman–Crippen LogP) is 0.967. The van der Waals surface area contributed by atoms with E-state index in [1.807, 2.05) is 4.72 Å². The van der Waals surface area contributed by atoms with Gasteiger partial charge in [-0.15, -0.1) is 0 Å². The first-order chi connectivity index (χ1) is 7.67. The molecule has 0 saturated carbocycles. The van der Waals surface area contributed by atoms with Crippen LogP contribution < -0.4 is 4.72 Å². The number of halogens is 1. The number of hydrogen-bond acceptors (Lipinski definition) is 3. The van der Waals surface area contributed by atoms with Crippen LogP contribution >= 0.6 is 0 Å². The van der Waals surface area contributed by atoms with Gasteiger partial charge in [-0.2, -0.15) is 4.72 Å². The van der Waals surface area contributed by atoms with E-state index in [2.05, 4.69) is 0 Å². The van der Waals surface area contributed by atoms with Gasteiger partial charge in [-0.25, -0.2) is 12.8 Å². The standard InChI is InChI=1S/C10H12FNO4S/c1-10(2,9(13)14)12-17(15,16)8-6-4-3-5-7(8)11/h3-6,12H,1-2H3,(H,13,14). The van der Waals surface area contributed by atoms with Crippen LogP contribution in [-0.4, -0.2) is 25.0 Å². The maximum Gasteiger partial charge on any atom is 0.324 e. The number of sulfonamides is 1. The van der Waals surface area contributed by atoms with Gasteiger partial charge in [-0.1, -0.05) is 12.1 Å². The maximum atomic E-state index is 13.3. The second-order valence-corrected chi connectivity index (χ2v) is 5.62. The molecule has 0 spiro atoms. The summed E-state index contributed by atoms with van der Waals surface area (Å²) in [5.74, 6) is -2.28. The molecule has 2 N–H and O–H groups in total. The van der Waals surface area contributed by atoms with Crippen LogP contribution in [0.15, 0.2) is 29.2 Å². The van der Waals surface area contributed by atoms with E-state index in [0.29, 0.717) is 0 Å². The molecule has 0 bridgehead atoms. The quantitative estimate of drug-likeness (QED) is 0.845. The summed E-state index contributed by atoms with van der Waals surface area (Å²) in [6, 6.07) is 4.75. The summed E-state index contributed by atoms with van der Waals surface area (Å²) in [7, 11) is -4.20. The summed E-state index contributed by atoms with van der Waals surface area (Å²) < 4.78 is 38.7. The molecule has 0 heterocycles. The fourth-order valence-corrected chi connectivity index (χ4v) is 2.55. The molecule has 0 amide bonds. The zero-order valence-corrected chi connectivity index (χ0v) is 10.1. The molecule has 1 rings (SSSR count). The Hall–Kier alpha value is -1.47. The van der Waals surface area contributed by atoms with Gasteiger partial charge < -0.3 is 5.11 Å². The van der Waals surface area contributed by atoms with Crippen molar-refractivity contribution < 1.29 is 22.7 Å². The lowest BCUT2D eigenvalue weighted by molar-refractivity contribution is -0.142. The van der Waals surface area contributed by atoms with Crippen LogP contribution in [-0.2, 0) is 14.8 Å². The predicted molar refractivity (Wildman–Crippen MR) is 58.4 cm³/mol. The number of nitrogens with one attached hydrogen (secondary N) is 1. The van der Waals surface area contributed by atoms with Crippen molar-refractivity contribution in [2.75, 3.05) is 0 Å². The summed E-state index contributed by atoms with van der Waals surface area (Å²) in [5.41, 5.74) is -1.71. The van der Waals surface area contributed by atoms with E-state index in [9.17, 15) is 17.6 Å². The van der Waals surface area contributed by atoms with Crippen LogP contribution in [0.5, 0.6) is 0 Å². The summed E-state index contributed by atoms with van der Waals surface area (Å²) >= 11 is 0. The minimum absolute atomic E-state index is 0.575. The number of hydrogen-bond donors (Lipinski definition) is 2. The second kappa shape index (κ2) is 4.42. The second-order valence-electron chi connectivity index (χ2n) is 3.97. The molecule has 1 aromatic carbocycles. The number of benzene rings is 1. The molecule has 0 atom stereocenters. The summed E-state index contributed by atoms with van der Waals surface area (Å²) in [6.07, 6.45) is 0. The normalized spacial score (nSPS) is 12.4. The highest BCUT2D eigenvalue weighted by atomic mass is 32.2. The Morgan fingerprint density at radius 1 is 1.35 bits per heavy atom. The van der Waals surface area contributed by atoms with E-state index in [1.165, 1.54) is 26.0 Å². The smallest absolute Gasteiger partial charge is 0.324 e. The van der Waals surface area contributed by atoms with Gasteiger partial charge in [0.05, 0.1) is 0 Å². The Morgan fingerprint density at radius 3 is 2.35 bits per heavy atom. The van der Waals surface area contributed by atoms with Crippen LogP contribution in [0.1, 0.15) is 13.8 Å². The van der Waals surface area contributed by atoms with Gasteiger partial charge in [0, 0.05) is 0 Å². The van der Waals surface area contributed by atoms with Crippen molar-refractivity contribution in [1.29, 1.82) is 0 Å². The van der Waals surface area contributed by atoms with Crippen LogP contribution in [0.4, 0.5) is 4.39 Å². The van der Waals surface area contributed by atoms with Crippen molar-refractivity contribution >= 4 is 16.0 Å². The van der Waals surface area contributed by atoms with Crippen molar-refractivity contribution in [2.45, 2.75) is 24.3 Å². The first-order valence-corrected chi connectivity index (χ1v) is 6.17. The molecular weight excluding hydrogens is 249 g/mol. The average molecular weight is 261 g/mol. The zero-order valence-electron chi connectivity index (χ0n) is 9.27. The van der Waals surface area contributed by atoms with Crippen LogP contribution in [0.25, 0.3) is 0 Å². The van der Waals surface area contributed by atoms with E-state index in [0.717, 1.165) is 12.1 Å². The van der Waals surface area contributed by atoms with Crippen LogP contribution in [0.2, 0.25) is 0 Å². The lowest BCUT2D eigenvalue weighted by Gasteiger charge is -2.20. The highest BCUT2D eigenvalue weighted by Crippen LogP contribution is 2.16. The third kappa shape index (κ3) is 3.01. The molecule has 94 valence electrons. The van der Waals surface area contributed by atoms with Crippen molar-refractivity contribution in [3.05, 3.63) is 30.1 Å². The molecule has 0 saturated heterocycles. The lowest BCUT2D eigenvalue weighted by atomic mass is 10.1. The van der Waals surface area contributed by atoms with Crippen molar-refractivity contribution in [2.24, 2.45) is 0 Å². The monoisotopic (exact) mass is 261 g/mol. The Kier molecular flexibility index (Phi) is 3.53. The molecule has 0 aliphatic heterocycles. The molecule has 7 heteroatoms. The molecule has 0 aliphatic rings. The van der Waals surface area contributed by atoms with E-state index in [1.54, 1.807) is 0 Å². The molecular formula is C10H12FNO4S.